The molecular formula is C79H92FN17O9. The fourth-order valence-corrected chi connectivity index (χ4v) is 14.8. The van der Waals surface area contributed by atoms with Crippen LogP contribution in [0.3, 0.4) is 0 Å². The summed E-state index contributed by atoms with van der Waals surface area (Å²) in [5.41, 5.74) is 9.80. The smallest absolute Gasteiger partial charge is 0.356 e. The molecule has 3 saturated carbocycles. The molecule has 0 bridgehead atoms. The lowest BCUT2D eigenvalue weighted by atomic mass is 9.92. The summed E-state index contributed by atoms with van der Waals surface area (Å²) < 4.78 is 55.7. The second-order valence-corrected chi connectivity index (χ2v) is 27.8. The number of amides is 1. The van der Waals surface area contributed by atoms with Crippen molar-refractivity contribution in [3.63, 3.8) is 0 Å². The number of likely N-dealkylation sites (N-methyl/N-ethyl adjacent to an activating group) is 1. The van der Waals surface area contributed by atoms with Gasteiger partial charge in [0.2, 0.25) is 0 Å². The Morgan fingerprint density at radius 3 is 1.32 bits per heavy atom. The van der Waals surface area contributed by atoms with Crippen LogP contribution < -0.4 is 49.8 Å². The number of nitrogens with zero attached hydrogens (tertiary/aromatic N) is 14. The van der Waals surface area contributed by atoms with Gasteiger partial charge in [-0.1, -0.05) is 12.1 Å². The molecule has 0 spiro atoms. The SMILES string of the molecule is CN1CCN(c2ccc(C(=O)NC3CCC(Oc4cc(N5CCOCC5)cc5nccnc45)CC3)cc2F)CC1.COC(=O)c1cccc(NC2CCC(Oc3cc(N4CCOCC4)cc4nccnc34)CC2)n1.N#Cc1cccc(NC2CCC(Oc3cc(N4CCOCC4)cc4nccnc34)CC2)n1. The number of hydrogen-bond acceptors (Lipinski definition) is 25. The molecule has 9 heterocycles. The highest BCUT2D eigenvalue weighted by atomic mass is 19.1. The average Bonchev–Trinajstić information content (AvgIpc) is 0.799. The van der Waals surface area contributed by atoms with Crippen molar-refractivity contribution in [2.75, 3.05) is 149 Å². The number of benzene rings is 4. The zero-order chi connectivity index (χ0) is 72.6. The molecule has 1 amide bonds. The van der Waals surface area contributed by atoms with Gasteiger partial charge in [-0.25, -0.2) is 34.1 Å². The molecule has 3 N–H and O–H groups in total. The Balaban J connectivity index is 0.000000135. The van der Waals surface area contributed by atoms with E-state index in [-0.39, 0.29) is 42.1 Å². The quantitative estimate of drug-likeness (QED) is 0.0715. The number of carbonyl (C=O) groups is 2. The van der Waals surface area contributed by atoms with Crippen molar-refractivity contribution >= 4 is 79.4 Å². The minimum absolute atomic E-state index is 0.0265. The first-order valence-electron chi connectivity index (χ1n) is 37.2. The number of nitrogens with one attached hydrogen (secondary N) is 3. The first kappa shape index (κ1) is 72.5. The predicted molar refractivity (Wildman–Crippen MR) is 403 cm³/mol. The third kappa shape index (κ3) is 18.6. The number of anilines is 6. The van der Waals surface area contributed by atoms with Crippen LogP contribution in [0, 0.1) is 17.1 Å². The molecule has 0 atom stereocenters. The Hall–Kier alpha value is -10.4. The molecule has 26 nitrogen and oxygen atoms in total. The molecule has 7 aliphatic rings. The minimum Gasteiger partial charge on any atom is -0.488 e. The van der Waals surface area contributed by atoms with Crippen molar-refractivity contribution < 1.29 is 47.1 Å². The summed E-state index contributed by atoms with van der Waals surface area (Å²) in [6, 6.07) is 30.9. The van der Waals surface area contributed by atoms with Crippen LogP contribution in [0.2, 0.25) is 0 Å². The maximum atomic E-state index is 14.9. The zero-order valence-corrected chi connectivity index (χ0v) is 60.2. The summed E-state index contributed by atoms with van der Waals surface area (Å²) in [5, 5.41) is 19.1. The summed E-state index contributed by atoms with van der Waals surface area (Å²) in [6.07, 6.45) is 21.3. The van der Waals surface area contributed by atoms with E-state index in [4.69, 9.17) is 38.4 Å². The van der Waals surface area contributed by atoms with Crippen LogP contribution in [0.5, 0.6) is 17.2 Å². The first-order chi connectivity index (χ1) is 52.0. The number of halogens is 1. The number of aromatic nitrogens is 8. The van der Waals surface area contributed by atoms with Gasteiger partial charge in [0.25, 0.3) is 5.91 Å². The fraction of sp³-hybridized carbons (Fsp3) is 0.456. The van der Waals surface area contributed by atoms with Crippen LogP contribution in [0.1, 0.15) is 104 Å². The molecule has 16 rings (SSSR count). The van der Waals surface area contributed by atoms with Crippen molar-refractivity contribution in [3.8, 4) is 23.3 Å². The van der Waals surface area contributed by atoms with E-state index >= 15 is 0 Å². The van der Waals surface area contributed by atoms with E-state index in [0.717, 1.165) is 242 Å². The van der Waals surface area contributed by atoms with E-state index in [9.17, 15) is 14.0 Å². The van der Waals surface area contributed by atoms with Gasteiger partial charge >= 0.3 is 5.97 Å². The zero-order valence-electron chi connectivity index (χ0n) is 60.2. The van der Waals surface area contributed by atoms with E-state index < -0.39 is 5.97 Å². The van der Waals surface area contributed by atoms with Gasteiger partial charge in [-0.3, -0.25) is 19.7 Å². The lowest BCUT2D eigenvalue weighted by Gasteiger charge is -2.34. The monoisotopic (exact) mass is 1440 g/mol. The summed E-state index contributed by atoms with van der Waals surface area (Å²) in [6.45, 7) is 12.8. The highest BCUT2D eigenvalue weighted by Crippen LogP contribution is 2.38. The van der Waals surface area contributed by atoms with Gasteiger partial charge in [0.1, 0.15) is 63.0 Å². The van der Waals surface area contributed by atoms with Gasteiger partial charge in [0.05, 0.1) is 87.3 Å². The van der Waals surface area contributed by atoms with Gasteiger partial charge in [-0.05, 0) is 145 Å². The first-order valence-corrected chi connectivity index (χ1v) is 37.2. The summed E-state index contributed by atoms with van der Waals surface area (Å²) in [4.78, 5) is 71.8. The van der Waals surface area contributed by atoms with Gasteiger partial charge in [0, 0.05) is 162 Å². The second kappa shape index (κ2) is 35.1. The maximum absolute atomic E-state index is 14.9. The number of ether oxygens (including phenoxy) is 7. The molecule has 27 heteroatoms. The van der Waals surface area contributed by atoms with Crippen molar-refractivity contribution in [3.05, 3.63) is 151 Å². The van der Waals surface area contributed by atoms with Gasteiger partial charge in [0.15, 0.2) is 5.69 Å². The van der Waals surface area contributed by atoms with Crippen LogP contribution in [0.25, 0.3) is 33.1 Å². The molecule has 106 heavy (non-hydrogen) atoms. The molecule has 9 aromatic rings. The van der Waals surface area contributed by atoms with Crippen LogP contribution in [0.15, 0.2) is 128 Å². The maximum Gasteiger partial charge on any atom is 0.356 e. The minimum atomic E-state index is -0.435. The number of hydrogen-bond donors (Lipinski definition) is 3. The van der Waals surface area contributed by atoms with Crippen molar-refractivity contribution in [2.24, 2.45) is 0 Å². The third-order valence-corrected chi connectivity index (χ3v) is 20.7. The molecule has 0 radical (unpaired) electrons. The molecule has 3 aliphatic carbocycles. The van der Waals surface area contributed by atoms with E-state index in [2.05, 4.69) is 125 Å². The van der Waals surface area contributed by atoms with E-state index in [1.165, 1.54) is 13.2 Å². The molecule has 5 aromatic heterocycles. The Morgan fingerprint density at radius 2 is 0.896 bits per heavy atom. The highest BCUT2D eigenvalue weighted by molar-refractivity contribution is 5.95. The Labute approximate surface area is 616 Å². The number of methoxy groups -OCH3 is 1. The third-order valence-electron chi connectivity index (χ3n) is 20.7. The van der Waals surface area contributed by atoms with Crippen LogP contribution in [-0.2, 0) is 18.9 Å². The predicted octanol–water partition coefficient (Wildman–Crippen LogP) is 10.5. The van der Waals surface area contributed by atoms with E-state index in [1.807, 2.05) is 29.2 Å². The second-order valence-electron chi connectivity index (χ2n) is 27.8. The number of pyridine rings is 2. The number of morpholine rings is 3. The van der Waals surface area contributed by atoms with Crippen molar-refractivity contribution in [2.45, 2.75) is 113 Å². The normalized spacial score (nSPS) is 21.5. The van der Waals surface area contributed by atoms with Gasteiger partial charge in [-0.15, -0.1) is 0 Å². The Morgan fingerprint density at radius 1 is 0.481 bits per heavy atom. The molecule has 4 aromatic carbocycles. The number of rotatable bonds is 17. The summed E-state index contributed by atoms with van der Waals surface area (Å²) in [7, 11) is 3.43. The van der Waals surface area contributed by atoms with Crippen LogP contribution in [0.4, 0.5) is 38.8 Å². The standard InChI is InChI=1S/C30H37FN6O3.C25H29N5O4.C24H26N6O2/c1-35-10-12-37(13-11-35)27-7-2-21(18-25(27)31)30(38)34-22-3-5-24(6-4-22)40-28-20-23(36-14-16-39-17-15-36)19-26-29(28)33-9-8-32-26;1-32-25(31)20-3-2-4-23(29-20)28-17-5-7-19(8-6-17)34-22-16-18(30-11-13-33-14-12-30)15-21-24(22)27-10-9-26-21;25-16-18-2-1-3-23(29-18)28-17-4-6-20(7-5-17)32-22-15-19(30-10-12-31-13-11-30)14-21-24(22)27-9-8-26-21/h2,7-9,18-20,22,24H,3-6,10-17H2,1H3,(H,34,38);2-4,9-10,15-17,19H,5-8,11-14H2,1H3,(H,28,29);1-3,8-9,14-15,17,20H,4-7,10-13H2,(H,28,29). The number of piperazine rings is 1. The fourth-order valence-electron chi connectivity index (χ4n) is 14.8. The highest BCUT2D eigenvalue weighted by Gasteiger charge is 2.30. The molecule has 4 saturated heterocycles. The van der Waals surface area contributed by atoms with Crippen LogP contribution in [-0.4, -0.2) is 212 Å². The lowest BCUT2D eigenvalue weighted by molar-refractivity contribution is 0.0594. The summed E-state index contributed by atoms with van der Waals surface area (Å²) in [5.74, 6) is 2.77. The molecule has 554 valence electrons. The lowest BCUT2D eigenvalue weighted by Crippen LogP contribution is -2.44. The van der Waals surface area contributed by atoms with Gasteiger partial charge in [-0.2, -0.15) is 5.26 Å². The number of esters is 1. The van der Waals surface area contributed by atoms with E-state index in [1.54, 1.807) is 61.4 Å². The molecule has 4 aliphatic heterocycles. The largest absolute Gasteiger partial charge is 0.488 e. The number of fused-ring (bicyclic) bond motifs is 3. The molecule has 0 unspecified atom stereocenters. The number of carbonyl (C=O) groups excluding carboxylic acids is 2. The van der Waals surface area contributed by atoms with Crippen molar-refractivity contribution in [1.29, 1.82) is 5.26 Å². The van der Waals surface area contributed by atoms with E-state index in [0.29, 0.717) is 47.7 Å². The van der Waals surface area contributed by atoms with Gasteiger partial charge < -0.3 is 73.6 Å². The Kier molecular flexibility index (Phi) is 24.0. The average molecular weight is 1440 g/mol. The Bertz CT molecular complexity index is 4490. The summed E-state index contributed by atoms with van der Waals surface area (Å²) >= 11 is 0. The molecule has 7 fully saturated rings. The number of nitriles is 1. The van der Waals surface area contributed by atoms with Crippen LogP contribution >= 0.6 is 0 Å². The van der Waals surface area contributed by atoms with Crippen molar-refractivity contribution in [1.82, 2.24) is 50.1 Å². The topological polar surface area (TPSA) is 278 Å². The molecular weight excluding hydrogens is 1350 g/mol.